The third-order valence-corrected chi connectivity index (χ3v) is 4.18. The Hall–Kier alpha value is -0.420. The first-order valence-corrected chi connectivity index (χ1v) is 6.17. The number of carbonyl (C=O) groups is 1. The molecule has 0 saturated heterocycles. The smallest absolute Gasteiger partial charge is 0.325 e. The second-order valence-electron chi connectivity index (χ2n) is 4.12. The molecule has 5 heteroatoms. The maximum absolute atomic E-state index is 12.1. The van der Waals surface area contributed by atoms with Crippen molar-refractivity contribution in [2.45, 2.75) is 45.4 Å². The highest BCUT2D eigenvalue weighted by Crippen LogP contribution is 2.19. The van der Waals surface area contributed by atoms with Crippen molar-refractivity contribution in [1.29, 1.82) is 0 Å². The molecular weight excluding hydrogens is 214 g/mol. The van der Waals surface area contributed by atoms with Gasteiger partial charge in [0.2, 0.25) is 0 Å². The Morgan fingerprint density at radius 1 is 1.47 bits per heavy atom. The predicted molar refractivity (Wildman–Crippen MR) is 61.8 cm³/mol. The van der Waals surface area contributed by atoms with Gasteiger partial charge in [0.05, 0.1) is 6.61 Å². The van der Waals surface area contributed by atoms with Crippen molar-refractivity contribution < 1.29 is 13.7 Å². The maximum atomic E-state index is 12.1. The van der Waals surface area contributed by atoms with Crippen LogP contribution < -0.4 is 0 Å². The van der Waals surface area contributed by atoms with Gasteiger partial charge in [-0.1, -0.05) is 0 Å². The molecule has 0 amide bonds. The normalized spacial score (nSPS) is 14.4. The van der Waals surface area contributed by atoms with Crippen LogP contribution in [-0.2, 0) is 20.5 Å². The predicted octanol–water partition coefficient (Wildman–Crippen LogP) is 1.33. The first kappa shape index (κ1) is 14.6. The molecule has 1 unspecified atom stereocenters. The summed E-state index contributed by atoms with van der Waals surface area (Å²) in [6, 6.07) is 0.125. The van der Waals surface area contributed by atoms with E-state index in [4.69, 9.17) is 4.74 Å². The lowest BCUT2D eigenvalue weighted by Gasteiger charge is -2.29. The van der Waals surface area contributed by atoms with E-state index in [2.05, 4.69) is 0 Å². The van der Waals surface area contributed by atoms with Crippen LogP contribution in [0.1, 0.15) is 34.6 Å². The zero-order chi connectivity index (χ0) is 12.2. The molecule has 0 aromatic carbocycles. The van der Waals surface area contributed by atoms with Gasteiger partial charge in [0.15, 0.2) is 4.75 Å². The minimum absolute atomic E-state index is 0.125. The summed E-state index contributed by atoms with van der Waals surface area (Å²) in [5, 5.41) is 0. The summed E-state index contributed by atoms with van der Waals surface area (Å²) in [4.78, 5) is 11.6. The molecule has 0 aromatic rings. The molecular formula is C10H21NO3S. The summed E-state index contributed by atoms with van der Waals surface area (Å²) < 4.78 is 17.6. The first-order chi connectivity index (χ1) is 6.75. The van der Waals surface area contributed by atoms with Crippen molar-refractivity contribution in [1.82, 2.24) is 4.31 Å². The standard InChI is InChI=1S/C10H21NO3S/c1-7-14-9(12)10(4,5)15(13)11(6)8(2)3/h8H,7H2,1-6H3. The molecule has 0 N–H and O–H groups in total. The van der Waals surface area contributed by atoms with Crippen molar-refractivity contribution >= 4 is 17.0 Å². The Kier molecular flexibility index (Phi) is 5.45. The zero-order valence-electron chi connectivity index (χ0n) is 10.4. The number of hydrogen-bond acceptors (Lipinski definition) is 3. The van der Waals surface area contributed by atoms with Crippen LogP contribution in [0.3, 0.4) is 0 Å². The van der Waals surface area contributed by atoms with Crippen LogP contribution in [-0.4, -0.2) is 38.9 Å². The number of ether oxygens (including phenoxy) is 1. The van der Waals surface area contributed by atoms with Crippen molar-refractivity contribution in [2.24, 2.45) is 0 Å². The average Bonchev–Trinajstić information content (AvgIpc) is 2.15. The van der Waals surface area contributed by atoms with E-state index in [9.17, 15) is 9.00 Å². The second-order valence-corrected chi connectivity index (χ2v) is 6.21. The second kappa shape index (κ2) is 5.61. The fraction of sp³-hybridized carbons (Fsp3) is 0.900. The Morgan fingerprint density at radius 3 is 2.27 bits per heavy atom. The Bertz CT molecular complexity index is 251. The van der Waals surface area contributed by atoms with Gasteiger partial charge in [-0.15, -0.1) is 0 Å². The minimum atomic E-state index is -1.38. The summed E-state index contributed by atoms with van der Waals surface area (Å²) >= 11 is 0. The molecule has 0 heterocycles. The molecule has 0 aliphatic heterocycles. The van der Waals surface area contributed by atoms with Gasteiger partial charge >= 0.3 is 5.97 Å². The van der Waals surface area contributed by atoms with Gasteiger partial charge < -0.3 is 4.74 Å². The molecule has 15 heavy (non-hydrogen) atoms. The largest absolute Gasteiger partial charge is 0.465 e. The molecule has 0 rings (SSSR count). The third kappa shape index (κ3) is 3.57. The lowest BCUT2D eigenvalue weighted by molar-refractivity contribution is -0.145. The first-order valence-electron chi connectivity index (χ1n) is 5.07. The zero-order valence-corrected chi connectivity index (χ0v) is 11.2. The monoisotopic (exact) mass is 235 g/mol. The Balaban J connectivity index is 4.72. The van der Waals surface area contributed by atoms with Crippen LogP contribution in [0.5, 0.6) is 0 Å². The van der Waals surface area contributed by atoms with E-state index >= 15 is 0 Å². The fourth-order valence-electron chi connectivity index (χ4n) is 0.928. The Labute approximate surface area is 94.6 Å². The van der Waals surface area contributed by atoms with Gasteiger partial charge in [-0.2, -0.15) is 0 Å². The van der Waals surface area contributed by atoms with Gasteiger partial charge in [0, 0.05) is 13.1 Å². The van der Waals surface area contributed by atoms with Crippen LogP contribution in [0.4, 0.5) is 0 Å². The number of esters is 1. The number of rotatable bonds is 5. The maximum Gasteiger partial charge on any atom is 0.325 e. The molecule has 1 atom stereocenters. The number of nitrogens with zero attached hydrogens (tertiary/aromatic N) is 1. The summed E-state index contributed by atoms with van der Waals surface area (Å²) in [6.07, 6.45) is 0. The van der Waals surface area contributed by atoms with Crippen molar-refractivity contribution in [3.8, 4) is 0 Å². The molecule has 0 fully saturated rings. The molecule has 0 spiro atoms. The SMILES string of the molecule is CCOC(=O)C(C)(C)S(=O)N(C)C(C)C. The molecule has 0 saturated carbocycles. The van der Waals surface area contributed by atoms with Gasteiger partial charge in [-0.25, -0.2) is 8.51 Å². The van der Waals surface area contributed by atoms with Gasteiger partial charge in [-0.05, 0) is 34.6 Å². The molecule has 4 nitrogen and oxygen atoms in total. The lowest BCUT2D eigenvalue weighted by atomic mass is 10.2. The van der Waals surface area contributed by atoms with Crippen LogP contribution in [0.25, 0.3) is 0 Å². The van der Waals surface area contributed by atoms with E-state index in [1.807, 2.05) is 13.8 Å². The average molecular weight is 235 g/mol. The molecule has 0 aliphatic rings. The van der Waals surface area contributed by atoms with E-state index in [1.54, 1.807) is 32.1 Å². The summed E-state index contributed by atoms with van der Waals surface area (Å²) in [5.41, 5.74) is 0. The molecule has 90 valence electrons. The number of carbonyl (C=O) groups excluding carboxylic acids is 1. The molecule has 0 aliphatic carbocycles. The van der Waals surface area contributed by atoms with E-state index in [1.165, 1.54) is 0 Å². The van der Waals surface area contributed by atoms with Crippen LogP contribution in [0.15, 0.2) is 0 Å². The quantitative estimate of drug-likeness (QED) is 0.675. The van der Waals surface area contributed by atoms with Crippen molar-refractivity contribution in [2.75, 3.05) is 13.7 Å². The van der Waals surface area contributed by atoms with E-state index in [0.29, 0.717) is 6.61 Å². The van der Waals surface area contributed by atoms with Crippen molar-refractivity contribution in [3.63, 3.8) is 0 Å². The fourth-order valence-corrected chi connectivity index (χ4v) is 2.23. The van der Waals surface area contributed by atoms with E-state index in [0.717, 1.165) is 0 Å². The van der Waals surface area contributed by atoms with Crippen LogP contribution in [0.2, 0.25) is 0 Å². The molecule has 0 radical (unpaired) electrons. The van der Waals surface area contributed by atoms with E-state index < -0.39 is 21.7 Å². The lowest BCUT2D eigenvalue weighted by Crippen LogP contribution is -2.46. The van der Waals surface area contributed by atoms with Crippen LogP contribution >= 0.6 is 0 Å². The number of hydrogen-bond donors (Lipinski definition) is 0. The summed E-state index contributed by atoms with van der Waals surface area (Å²) in [7, 11) is 0.360. The Morgan fingerprint density at radius 2 is 1.93 bits per heavy atom. The molecule has 0 bridgehead atoms. The van der Waals surface area contributed by atoms with Gasteiger partial charge in [0.25, 0.3) is 0 Å². The summed E-state index contributed by atoms with van der Waals surface area (Å²) in [6.45, 7) is 9.19. The minimum Gasteiger partial charge on any atom is -0.465 e. The molecule has 0 aromatic heterocycles. The van der Waals surface area contributed by atoms with Crippen LogP contribution in [0, 0.1) is 0 Å². The van der Waals surface area contributed by atoms with Crippen molar-refractivity contribution in [3.05, 3.63) is 0 Å². The highest BCUT2D eigenvalue weighted by atomic mass is 32.2. The van der Waals surface area contributed by atoms with Gasteiger partial charge in [0.1, 0.15) is 11.0 Å². The van der Waals surface area contributed by atoms with Gasteiger partial charge in [-0.3, -0.25) is 4.79 Å². The van der Waals surface area contributed by atoms with E-state index in [-0.39, 0.29) is 6.04 Å². The highest BCUT2D eigenvalue weighted by Gasteiger charge is 2.39. The topological polar surface area (TPSA) is 46.6 Å². The third-order valence-electron chi connectivity index (χ3n) is 2.19. The highest BCUT2D eigenvalue weighted by molar-refractivity contribution is 7.84. The summed E-state index contributed by atoms with van der Waals surface area (Å²) in [5.74, 6) is -0.421.